The van der Waals surface area contributed by atoms with E-state index in [4.69, 9.17) is 11.6 Å². The molecule has 0 heterocycles. The van der Waals surface area contributed by atoms with Crippen LogP contribution in [0.4, 0.5) is 5.69 Å². The Bertz CT molecular complexity index is 540. The van der Waals surface area contributed by atoms with E-state index < -0.39 is 4.92 Å². The quantitative estimate of drug-likeness (QED) is 0.676. The van der Waals surface area contributed by atoms with E-state index in [2.05, 4.69) is 12.2 Å². The first-order chi connectivity index (χ1) is 10.0. The van der Waals surface area contributed by atoms with Gasteiger partial charge in [0.15, 0.2) is 0 Å². The molecule has 1 fully saturated rings. The highest BCUT2D eigenvalue weighted by molar-refractivity contribution is 6.35. The van der Waals surface area contributed by atoms with E-state index in [9.17, 15) is 14.9 Å². The lowest BCUT2D eigenvalue weighted by molar-refractivity contribution is -0.384. The van der Waals surface area contributed by atoms with Gasteiger partial charge in [-0.1, -0.05) is 31.0 Å². The number of benzene rings is 1. The number of nitro benzene ring substituents is 1. The summed E-state index contributed by atoms with van der Waals surface area (Å²) in [5, 5.41) is 13.7. The van der Waals surface area contributed by atoms with Gasteiger partial charge in [-0.05, 0) is 37.7 Å². The van der Waals surface area contributed by atoms with Crippen LogP contribution < -0.4 is 5.32 Å². The van der Waals surface area contributed by atoms with Crippen LogP contribution in [0.2, 0.25) is 5.02 Å². The Balaban J connectivity index is 2.04. The van der Waals surface area contributed by atoms with Crippen LogP contribution in [-0.4, -0.2) is 16.9 Å². The van der Waals surface area contributed by atoms with E-state index in [1.54, 1.807) is 0 Å². The molecule has 1 amide bonds. The number of hydrogen-bond donors (Lipinski definition) is 1. The number of nitro groups is 1. The molecule has 0 radical (unpaired) electrons. The molecule has 0 bridgehead atoms. The zero-order valence-electron chi connectivity index (χ0n) is 12.0. The van der Waals surface area contributed by atoms with Crippen molar-refractivity contribution in [2.45, 2.75) is 45.1 Å². The third kappa shape index (κ3) is 3.73. The predicted molar refractivity (Wildman–Crippen MR) is 81.6 cm³/mol. The Morgan fingerprint density at radius 3 is 2.62 bits per heavy atom. The highest BCUT2D eigenvalue weighted by Crippen LogP contribution is 2.29. The summed E-state index contributed by atoms with van der Waals surface area (Å²) >= 11 is 5.96. The number of amides is 1. The SMILES string of the molecule is CCC1CCC(NC(=O)c2cccc([N+](=O)[O-])c2Cl)CC1. The molecule has 0 aromatic heterocycles. The van der Waals surface area contributed by atoms with E-state index in [0.29, 0.717) is 0 Å². The molecule has 0 saturated heterocycles. The Kier molecular flexibility index (Phi) is 5.17. The van der Waals surface area contributed by atoms with Gasteiger partial charge in [0.25, 0.3) is 11.6 Å². The lowest BCUT2D eigenvalue weighted by Gasteiger charge is -2.28. The maximum absolute atomic E-state index is 12.2. The van der Waals surface area contributed by atoms with Gasteiger partial charge in [0.05, 0.1) is 10.5 Å². The summed E-state index contributed by atoms with van der Waals surface area (Å²) in [4.78, 5) is 22.5. The molecular weight excluding hydrogens is 292 g/mol. The van der Waals surface area contributed by atoms with Gasteiger partial charge < -0.3 is 5.32 Å². The molecule has 2 rings (SSSR count). The second-order valence-electron chi connectivity index (χ2n) is 5.50. The van der Waals surface area contributed by atoms with Crippen molar-refractivity contribution in [2.75, 3.05) is 0 Å². The molecule has 114 valence electrons. The van der Waals surface area contributed by atoms with E-state index in [-0.39, 0.29) is 28.2 Å². The van der Waals surface area contributed by atoms with Crippen molar-refractivity contribution >= 4 is 23.2 Å². The Morgan fingerprint density at radius 2 is 2.05 bits per heavy atom. The average molecular weight is 311 g/mol. The summed E-state index contributed by atoms with van der Waals surface area (Å²) in [5.41, 5.74) is -0.0671. The Labute approximate surface area is 128 Å². The molecule has 1 saturated carbocycles. The highest BCUT2D eigenvalue weighted by atomic mass is 35.5. The van der Waals surface area contributed by atoms with Crippen LogP contribution in [0.3, 0.4) is 0 Å². The largest absolute Gasteiger partial charge is 0.349 e. The molecule has 1 N–H and O–H groups in total. The second kappa shape index (κ2) is 6.89. The molecular formula is C15H19ClN2O3. The van der Waals surface area contributed by atoms with Gasteiger partial charge >= 0.3 is 0 Å². The fourth-order valence-electron chi connectivity index (χ4n) is 2.81. The molecule has 1 aromatic carbocycles. The van der Waals surface area contributed by atoms with Crippen LogP contribution in [-0.2, 0) is 0 Å². The molecule has 0 aliphatic heterocycles. The number of rotatable bonds is 4. The van der Waals surface area contributed by atoms with Crippen molar-refractivity contribution in [1.29, 1.82) is 0 Å². The summed E-state index contributed by atoms with van der Waals surface area (Å²) in [6.07, 6.45) is 5.32. The minimum atomic E-state index is -0.578. The van der Waals surface area contributed by atoms with Gasteiger partial charge in [-0.3, -0.25) is 14.9 Å². The fourth-order valence-corrected chi connectivity index (χ4v) is 3.10. The molecule has 0 atom stereocenters. The van der Waals surface area contributed by atoms with Crippen molar-refractivity contribution in [1.82, 2.24) is 5.32 Å². The summed E-state index contributed by atoms with van der Waals surface area (Å²) in [5.74, 6) is 0.420. The van der Waals surface area contributed by atoms with E-state index >= 15 is 0 Å². The zero-order valence-corrected chi connectivity index (χ0v) is 12.7. The second-order valence-corrected chi connectivity index (χ2v) is 5.87. The third-order valence-corrected chi connectivity index (χ3v) is 4.58. The van der Waals surface area contributed by atoms with E-state index in [1.807, 2.05) is 0 Å². The van der Waals surface area contributed by atoms with Gasteiger partial charge in [0, 0.05) is 12.1 Å². The Morgan fingerprint density at radius 1 is 1.38 bits per heavy atom. The smallest absolute Gasteiger partial charge is 0.288 e. The molecule has 0 unspecified atom stereocenters. The van der Waals surface area contributed by atoms with Gasteiger partial charge in [0.1, 0.15) is 5.02 Å². The maximum atomic E-state index is 12.2. The Hall–Kier alpha value is -1.62. The first kappa shape index (κ1) is 15.8. The van der Waals surface area contributed by atoms with Gasteiger partial charge in [-0.25, -0.2) is 0 Å². The third-order valence-electron chi connectivity index (χ3n) is 4.18. The van der Waals surface area contributed by atoms with Crippen molar-refractivity contribution in [3.05, 3.63) is 38.9 Å². The number of nitrogens with one attached hydrogen (secondary N) is 1. The van der Waals surface area contributed by atoms with Gasteiger partial charge in [0.2, 0.25) is 0 Å². The first-order valence-corrected chi connectivity index (χ1v) is 7.64. The van der Waals surface area contributed by atoms with Crippen LogP contribution >= 0.6 is 11.6 Å². The summed E-state index contributed by atoms with van der Waals surface area (Å²) in [7, 11) is 0. The molecule has 1 aliphatic carbocycles. The molecule has 1 aliphatic rings. The summed E-state index contributed by atoms with van der Waals surface area (Å²) in [6.45, 7) is 2.19. The summed E-state index contributed by atoms with van der Waals surface area (Å²) in [6, 6.07) is 4.43. The lowest BCUT2D eigenvalue weighted by atomic mass is 9.84. The molecule has 6 heteroatoms. The van der Waals surface area contributed by atoms with Crippen LogP contribution in [0.1, 0.15) is 49.4 Å². The van der Waals surface area contributed by atoms with Crippen molar-refractivity contribution in [3.63, 3.8) is 0 Å². The van der Waals surface area contributed by atoms with Crippen LogP contribution in [0.15, 0.2) is 18.2 Å². The zero-order chi connectivity index (χ0) is 15.4. The van der Waals surface area contributed by atoms with Gasteiger partial charge in [-0.15, -0.1) is 0 Å². The highest BCUT2D eigenvalue weighted by Gasteiger charge is 2.24. The van der Waals surface area contributed by atoms with Crippen molar-refractivity contribution in [2.24, 2.45) is 5.92 Å². The number of carbonyl (C=O) groups is 1. The first-order valence-electron chi connectivity index (χ1n) is 7.26. The molecule has 1 aromatic rings. The standard InChI is InChI=1S/C15H19ClN2O3/c1-2-10-6-8-11(9-7-10)17-15(19)12-4-3-5-13(14(12)16)18(20)21/h3-5,10-11H,2,6-9H2,1H3,(H,17,19). The summed E-state index contributed by atoms with van der Waals surface area (Å²) < 4.78 is 0. The topological polar surface area (TPSA) is 72.2 Å². The van der Waals surface area contributed by atoms with Gasteiger partial charge in [-0.2, -0.15) is 0 Å². The number of halogens is 1. The number of carbonyl (C=O) groups excluding carboxylic acids is 1. The minimum absolute atomic E-state index is 0.0951. The van der Waals surface area contributed by atoms with E-state index in [1.165, 1.54) is 24.6 Å². The normalized spacial score (nSPS) is 21.8. The monoisotopic (exact) mass is 310 g/mol. The molecule has 0 spiro atoms. The van der Waals surface area contributed by atoms with Crippen molar-refractivity contribution < 1.29 is 9.72 Å². The lowest BCUT2D eigenvalue weighted by Crippen LogP contribution is -2.37. The maximum Gasteiger partial charge on any atom is 0.288 e. The van der Waals surface area contributed by atoms with Crippen LogP contribution in [0, 0.1) is 16.0 Å². The number of hydrogen-bond acceptors (Lipinski definition) is 3. The van der Waals surface area contributed by atoms with E-state index in [0.717, 1.165) is 31.6 Å². The fraction of sp³-hybridized carbons (Fsp3) is 0.533. The van der Waals surface area contributed by atoms with Crippen LogP contribution in [0.25, 0.3) is 0 Å². The number of nitrogens with zero attached hydrogens (tertiary/aromatic N) is 1. The average Bonchev–Trinajstić information content (AvgIpc) is 2.47. The van der Waals surface area contributed by atoms with Crippen LogP contribution in [0.5, 0.6) is 0 Å². The molecule has 21 heavy (non-hydrogen) atoms. The molecule has 5 nitrogen and oxygen atoms in total. The van der Waals surface area contributed by atoms with Crippen molar-refractivity contribution in [3.8, 4) is 0 Å². The minimum Gasteiger partial charge on any atom is -0.349 e. The predicted octanol–water partition coefficient (Wildman–Crippen LogP) is 3.95.